The zero-order valence-corrected chi connectivity index (χ0v) is 10.9. The first-order valence-corrected chi connectivity index (χ1v) is 9.18. The van der Waals surface area contributed by atoms with Crippen LogP contribution in [0.3, 0.4) is 0 Å². The molecule has 0 bridgehead atoms. The van der Waals surface area contributed by atoms with Gasteiger partial charge in [-0.05, 0) is 12.0 Å². The highest BCUT2D eigenvalue weighted by Gasteiger charge is 2.44. The molecule has 1 aliphatic carbocycles. The van der Waals surface area contributed by atoms with Gasteiger partial charge in [0.05, 0.1) is 18.6 Å². The largest absolute Gasteiger partial charge is 0.395 e. The summed E-state index contributed by atoms with van der Waals surface area (Å²) in [7, 11) is -1.27. The highest BCUT2D eigenvalue weighted by molar-refractivity contribution is 6.77. The van der Waals surface area contributed by atoms with Crippen LogP contribution in [0.5, 0.6) is 0 Å². The van der Waals surface area contributed by atoms with Crippen molar-refractivity contribution in [1.29, 1.82) is 0 Å². The Morgan fingerprint density at radius 1 is 1.33 bits per heavy atom. The SMILES string of the molecule is C[Si](C)(C)C1CCC(CO)(CO)C(=O)C1. The molecule has 0 aliphatic heterocycles. The van der Waals surface area contributed by atoms with Crippen molar-refractivity contribution in [2.45, 2.75) is 44.4 Å². The molecule has 1 unspecified atom stereocenters. The standard InChI is InChI=1S/C11H22O3Si/c1-15(2,3)9-4-5-11(7-12,8-13)10(14)6-9/h9,12-13H,4-8H2,1-3H3. The Hall–Kier alpha value is -0.193. The van der Waals surface area contributed by atoms with Crippen LogP contribution < -0.4 is 0 Å². The Labute approximate surface area is 92.5 Å². The summed E-state index contributed by atoms with van der Waals surface area (Å²) in [5.41, 5.74) is -0.327. The topological polar surface area (TPSA) is 57.5 Å². The molecule has 0 radical (unpaired) electrons. The van der Waals surface area contributed by atoms with E-state index >= 15 is 0 Å². The Morgan fingerprint density at radius 3 is 2.20 bits per heavy atom. The molecule has 1 rings (SSSR count). The van der Waals surface area contributed by atoms with Gasteiger partial charge in [0, 0.05) is 14.5 Å². The maximum Gasteiger partial charge on any atom is 0.143 e. The van der Waals surface area contributed by atoms with Gasteiger partial charge in [0.15, 0.2) is 0 Å². The lowest BCUT2D eigenvalue weighted by molar-refractivity contribution is -0.137. The van der Waals surface area contributed by atoms with Crippen molar-refractivity contribution in [3.63, 3.8) is 0 Å². The van der Waals surface area contributed by atoms with Gasteiger partial charge in [-0.1, -0.05) is 26.1 Å². The third-order valence-corrected chi connectivity index (χ3v) is 6.77. The smallest absolute Gasteiger partial charge is 0.143 e. The molecule has 0 amide bonds. The summed E-state index contributed by atoms with van der Waals surface area (Å²) in [5.74, 6) is 0.0613. The second kappa shape index (κ2) is 4.35. The van der Waals surface area contributed by atoms with Crippen LogP contribution in [0.25, 0.3) is 0 Å². The predicted molar refractivity (Wildman–Crippen MR) is 62.6 cm³/mol. The molecule has 0 heterocycles. The van der Waals surface area contributed by atoms with Gasteiger partial charge in [-0.3, -0.25) is 4.79 Å². The first kappa shape index (κ1) is 12.9. The maximum atomic E-state index is 11.9. The van der Waals surface area contributed by atoms with Gasteiger partial charge in [0.1, 0.15) is 5.78 Å². The van der Waals surface area contributed by atoms with Crippen LogP contribution in [0.1, 0.15) is 19.3 Å². The van der Waals surface area contributed by atoms with Crippen molar-refractivity contribution in [3.05, 3.63) is 0 Å². The van der Waals surface area contributed by atoms with Gasteiger partial charge in [-0.25, -0.2) is 0 Å². The van der Waals surface area contributed by atoms with E-state index < -0.39 is 13.5 Å². The fourth-order valence-corrected chi connectivity index (χ4v) is 4.06. The summed E-state index contributed by atoms with van der Waals surface area (Å²) >= 11 is 0. The van der Waals surface area contributed by atoms with E-state index in [4.69, 9.17) is 0 Å². The molecule has 0 aromatic carbocycles. The fraction of sp³-hybridized carbons (Fsp3) is 0.909. The molecule has 1 atom stereocenters. The Balaban J connectivity index is 2.75. The molecule has 1 fully saturated rings. The number of hydrogen-bond donors (Lipinski definition) is 2. The van der Waals surface area contributed by atoms with Gasteiger partial charge < -0.3 is 10.2 Å². The molecule has 15 heavy (non-hydrogen) atoms. The molecule has 3 nitrogen and oxygen atoms in total. The molecule has 4 heteroatoms. The molecule has 0 aromatic heterocycles. The Kier molecular flexibility index (Phi) is 3.74. The van der Waals surface area contributed by atoms with E-state index in [1.807, 2.05) is 0 Å². The number of Topliss-reactive ketones (excluding diaryl/α,β-unsaturated/α-hetero) is 1. The van der Waals surface area contributed by atoms with Gasteiger partial charge in [0.2, 0.25) is 0 Å². The molecule has 1 saturated carbocycles. The van der Waals surface area contributed by atoms with E-state index in [0.717, 1.165) is 6.42 Å². The molecule has 0 spiro atoms. The summed E-state index contributed by atoms with van der Waals surface area (Å²) in [6.07, 6.45) is 2.17. The van der Waals surface area contributed by atoms with Crippen molar-refractivity contribution >= 4 is 13.9 Å². The third-order valence-electron chi connectivity index (χ3n) is 3.82. The Morgan fingerprint density at radius 2 is 1.87 bits per heavy atom. The Bertz CT molecular complexity index is 241. The minimum Gasteiger partial charge on any atom is -0.395 e. The number of rotatable bonds is 3. The molecule has 0 aromatic rings. The summed E-state index contributed by atoms with van der Waals surface area (Å²) in [6, 6.07) is 0. The van der Waals surface area contributed by atoms with E-state index in [1.54, 1.807) is 0 Å². The van der Waals surface area contributed by atoms with E-state index in [2.05, 4.69) is 19.6 Å². The van der Waals surface area contributed by atoms with Crippen molar-refractivity contribution in [1.82, 2.24) is 0 Å². The van der Waals surface area contributed by atoms with Gasteiger partial charge in [0.25, 0.3) is 0 Å². The van der Waals surface area contributed by atoms with Crippen molar-refractivity contribution < 1.29 is 15.0 Å². The quantitative estimate of drug-likeness (QED) is 0.721. The number of carbonyl (C=O) groups excluding carboxylic acids is 1. The van der Waals surface area contributed by atoms with E-state index in [9.17, 15) is 15.0 Å². The van der Waals surface area contributed by atoms with Crippen LogP contribution in [0, 0.1) is 5.41 Å². The molecule has 1 aliphatic rings. The van der Waals surface area contributed by atoms with Crippen LogP contribution >= 0.6 is 0 Å². The zero-order valence-electron chi connectivity index (χ0n) is 9.92. The van der Waals surface area contributed by atoms with Crippen LogP contribution in [-0.4, -0.2) is 37.3 Å². The van der Waals surface area contributed by atoms with Crippen LogP contribution in [-0.2, 0) is 4.79 Å². The van der Waals surface area contributed by atoms with Crippen LogP contribution in [0.4, 0.5) is 0 Å². The lowest BCUT2D eigenvalue weighted by atomic mass is 9.74. The summed E-state index contributed by atoms with van der Waals surface area (Å²) < 4.78 is 0. The monoisotopic (exact) mass is 230 g/mol. The molecule has 0 saturated heterocycles. The highest BCUT2D eigenvalue weighted by Crippen LogP contribution is 2.42. The van der Waals surface area contributed by atoms with Gasteiger partial charge in [-0.15, -0.1) is 0 Å². The first-order chi connectivity index (χ1) is 6.85. The predicted octanol–water partition coefficient (Wildman–Crippen LogP) is 1.42. The molecular weight excluding hydrogens is 208 g/mol. The summed E-state index contributed by atoms with van der Waals surface area (Å²) in [4.78, 5) is 11.9. The number of hydrogen-bond acceptors (Lipinski definition) is 3. The van der Waals surface area contributed by atoms with Gasteiger partial charge >= 0.3 is 0 Å². The fourth-order valence-electron chi connectivity index (χ4n) is 2.26. The van der Waals surface area contributed by atoms with Gasteiger partial charge in [-0.2, -0.15) is 0 Å². The average Bonchev–Trinajstić information content (AvgIpc) is 2.17. The van der Waals surface area contributed by atoms with E-state index in [1.165, 1.54) is 0 Å². The van der Waals surface area contributed by atoms with Crippen molar-refractivity contribution in [2.75, 3.05) is 13.2 Å². The molecule has 2 N–H and O–H groups in total. The second-order valence-corrected chi connectivity index (χ2v) is 11.4. The zero-order chi connectivity index (χ0) is 11.7. The van der Waals surface area contributed by atoms with E-state index in [-0.39, 0.29) is 19.0 Å². The number of aliphatic hydroxyl groups excluding tert-OH is 2. The highest BCUT2D eigenvalue weighted by atomic mass is 28.3. The van der Waals surface area contributed by atoms with Crippen molar-refractivity contribution in [2.24, 2.45) is 5.41 Å². The minimum atomic E-state index is -1.27. The van der Waals surface area contributed by atoms with E-state index in [0.29, 0.717) is 18.4 Å². The second-order valence-electron chi connectivity index (χ2n) is 5.83. The lowest BCUT2D eigenvalue weighted by Gasteiger charge is -2.40. The number of ketones is 1. The van der Waals surface area contributed by atoms with Crippen LogP contribution in [0.2, 0.25) is 25.2 Å². The summed E-state index contributed by atoms with van der Waals surface area (Å²) in [5, 5.41) is 18.5. The molecule has 88 valence electrons. The third kappa shape index (κ3) is 2.49. The first-order valence-electron chi connectivity index (χ1n) is 5.61. The number of carbonyl (C=O) groups is 1. The number of aliphatic hydroxyl groups is 2. The van der Waals surface area contributed by atoms with Crippen LogP contribution in [0.15, 0.2) is 0 Å². The minimum absolute atomic E-state index is 0.0613. The maximum absolute atomic E-state index is 11.9. The van der Waals surface area contributed by atoms with Crippen molar-refractivity contribution in [3.8, 4) is 0 Å². The summed E-state index contributed by atoms with van der Waals surface area (Å²) in [6.45, 7) is 6.41. The molecular formula is C11H22O3Si. The normalized spacial score (nSPS) is 26.7. The average molecular weight is 230 g/mol. The lowest BCUT2D eigenvalue weighted by Crippen LogP contribution is -2.45.